The monoisotopic (exact) mass is 255 g/mol. The molecule has 0 saturated carbocycles. The Hall–Kier alpha value is -0.160. The lowest BCUT2D eigenvalue weighted by Crippen LogP contribution is -2.42. The molecule has 2 aliphatic rings. The summed E-state index contributed by atoms with van der Waals surface area (Å²) in [4.78, 5) is 4.99. The number of piperidine rings is 1. The highest BCUT2D eigenvalue weighted by Gasteiger charge is 2.14. The molecule has 0 bridgehead atoms. The molecule has 1 atom stereocenters. The lowest BCUT2D eigenvalue weighted by Gasteiger charge is -2.29. The van der Waals surface area contributed by atoms with Crippen LogP contribution in [0.15, 0.2) is 0 Å². The lowest BCUT2D eigenvalue weighted by molar-refractivity contribution is 0.0343. The molecule has 0 aromatic heterocycles. The molecular weight excluding hydrogens is 226 g/mol. The molecule has 18 heavy (non-hydrogen) atoms. The number of hydrogen-bond donors (Lipinski definition) is 1. The fourth-order valence-electron chi connectivity index (χ4n) is 2.80. The Balaban J connectivity index is 1.52. The van der Waals surface area contributed by atoms with Crippen molar-refractivity contribution in [3.8, 4) is 0 Å². The zero-order chi connectivity index (χ0) is 12.6. The number of rotatable bonds is 6. The van der Waals surface area contributed by atoms with E-state index >= 15 is 0 Å². The molecule has 1 N–H and O–H groups in total. The van der Waals surface area contributed by atoms with Crippen molar-refractivity contribution >= 4 is 0 Å². The largest absolute Gasteiger partial charge is 0.379 e. The van der Waals surface area contributed by atoms with Crippen molar-refractivity contribution in [2.75, 3.05) is 59.5 Å². The first kappa shape index (κ1) is 14.3. The normalized spacial score (nSPS) is 26.7. The van der Waals surface area contributed by atoms with Crippen LogP contribution in [0.3, 0.4) is 0 Å². The smallest absolute Gasteiger partial charge is 0.0594 e. The van der Waals surface area contributed by atoms with Crippen molar-refractivity contribution in [1.82, 2.24) is 15.1 Å². The summed E-state index contributed by atoms with van der Waals surface area (Å²) in [6, 6.07) is 0.768. The minimum atomic E-state index is 0.768. The van der Waals surface area contributed by atoms with Crippen LogP contribution in [0.25, 0.3) is 0 Å². The predicted molar refractivity (Wildman–Crippen MR) is 75.0 cm³/mol. The molecule has 2 fully saturated rings. The second kappa shape index (κ2) is 8.10. The van der Waals surface area contributed by atoms with Gasteiger partial charge in [0.05, 0.1) is 13.2 Å². The van der Waals surface area contributed by atoms with E-state index in [2.05, 4.69) is 22.2 Å². The zero-order valence-corrected chi connectivity index (χ0v) is 11.9. The molecule has 0 amide bonds. The van der Waals surface area contributed by atoms with E-state index in [0.29, 0.717) is 0 Å². The first-order valence-electron chi connectivity index (χ1n) is 7.56. The molecular formula is C14H29N3O. The summed E-state index contributed by atoms with van der Waals surface area (Å²) >= 11 is 0. The molecule has 0 aromatic carbocycles. The number of hydrogen-bond acceptors (Lipinski definition) is 4. The van der Waals surface area contributed by atoms with E-state index in [-0.39, 0.29) is 0 Å². The highest BCUT2D eigenvalue weighted by Crippen LogP contribution is 2.10. The van der Waals surface area contributed by atoms with Crippen LogP contribution in [0.5, 0.6) is 0 Å². The van der Waals surface area contributed by atoms with Crippen LogP contribution < -0.4 is 5.32 Å². The summed E-state index contributed by atoms with van der Waals surface area (Å²) in [5.74, 6) is 0. The van der Waals surface area contributed by atoms with Gasteiger partial charge in [-0.05, 0) is 39.4 Å². The third-order valence-electron chi connectivity index (χ3n) is 4.17. The average molecular weight is 255 g/mol. The van der Waals surface area contributed by atoms with E-state index in [4.69, 9.17) is 4.74 Å². The third kappa shape index (κ3) is 5.22. The standard InChI is InChI=1S/C14H29N3O/c1-16(7-5-14-4-2-3-6-15-14)8-9-17-10-12-18-13-11-17/h14-15H,2-13H2,1H3. The molecule has 2 rings (SSSR count). The summed E-state index contributed by atoms with van der Waals surface area (Å²) in [5, 5.41) is 3.63. The van der Waals surface area contributed by atoms with Crippen molar-refractivity contribution < 1.29 is 4.74 Å². The second-order valence-electron chi connectivity index (χ2n) is 5.69. The maximum absolute atomic E-state index is 5.37. The lowest BCUT2D eigenvalue weighted by atomic mass is 10.0. The number of ether oxygens (including phenoxy) is 1. The minimum Gasteiger partial charge on any atom is -0.379 e. The van der Waals surface area contributed by atoms with Crippen molar-refractivity contribution in [2.24, 2.45) is 0 Å². The van der Waals surface area contributed by atoms with Gasteiger partial charge in [0.1, 0.15) is 0 Å². The second-order valence-corrected chi connectivity index (χ2v) is 5.69. The molecule has 0 aliphatic carbocycles. The maximum Gasteiger partial charge on any atom is 0.0594 e. The first-order chi connectivity index (χ1) is 8.84. The summed E-state index contributed by atoms with van der Waals surface area (Å²) in [5.41, 5.74) is 0. The Bertz CT molecular complexity index is 191. The van der Waals surface area contributed by atoms with Crippen LogP contribution >= 0.6 is 0 Å². The number of likely N-dealkylation sites (N-methyl/N-ethyl adjacent to an activating group) is 1. The highest BCUT2D eigenvalue weighted by atomic mass is 16.5. The molecule has 2 heterocycles. The van der Waals surface area contributed by atoms with Gasteiger partial charge in [-0.3, -0.25) is 4.90 Å². The molecule has 0 aromatic rings. The van der Waals surface area contributed by atoms with E-state index in [9.17, 15) is 0 Å². The van der Waals surface area contributed by atoms with E-state index in [1.54, 1.807) is 0 Å². The molecule has 0 spiro atoms. The highest BCUT2D eigenvalue weighted by molar-refractivity contribution is 4.73. The van der Waals surface area contributed by atoms with Gasteiger partial charge < -0.3 is 15.0 Å². The molecule has 4 heteroatoms. The number of morpholine rings is 1. The molecule has 1 unspecified atom stereocenters. The molecule has 2 saturated heterocycles. The Kier molecular flexibility index (Phi) is 6.41. The zero-order valence-electron chi connectivity index (χ0n) is 11.9. The molecule has 0 radical (unpaired) electrons. The van der Waals surface area contributed by atoms with Crippen LogP contribution in [0.4, 0.5) is 0 Å². The first-order valence-corrected chi connectivity index (χ1v) is 7.56. The summed E-state index contributed by atoms with van der Waals surface area (Å²) in [6.45, 7) is 8.87. The number of nitrogens with one attached hydrogen (secondary N) is 1. The third-order valence-corrected chi connectivity index (χ3v) is 4.17. The molecule has 106 valence electrons. The van der Waals surface area contributed by atoms with Gasteiger partial charge in [0.15, 0.2) is 0 Å². The molecule has 4 nitrogen and oxygen atoms in total. The van der Waals surface area contributed by atoms with Crippen molar-refractivity contribution in [3.63, 3.8) is 0 Å². The van der Waals surface area contributed by atoms with Gasteiger partial charge in [0, 0.05) is 32.2 Å². The Morgan fingerprint density at radius 1 is 1.22 bits per heavy atom. The van der Waals surface area contributed by atoms with E-state index < -0.39 is 0 Å². The predicted octanol–water partition coefficient (Wildman–Crippen LogP) is 0.783. The van der Waals surface area contributed by atoms with Crippen LogP contribution in [-0.2, 0) is 4.74 Å². The fourth-order valence-corrected chi connectivity index (χ4v) is 2.80. The van der Waals surface area contributed by atoms with Gasteiger partial charge >= 0.3 is 0 Å². The Morgan fingerprint density at radius 2 is 2.06 bits per heavy atom. The van der Waals surface area contributed by atoms with Gasteiger partial charge in [0.25, 0.3) is 0 Å². The Labute approximate surface area is 112 Å². The van der Waals surface area contributed by atoms with Crippen molar-refractivity contribution in [1.29, 1.82) is 0 Å². The van der Waals surface area contributed by atoms with Gasteiger partial charge in [-0.2, -0.15) is 0 Å². The maximum atomic E-state index is 5.37. The van der Waals surface area contributed by atoms with E-state index in [1.165, 1.54) is 51.9 Å². The van der Waals surface area contributed by atoms with Crippen LogP contribution in [0.2, 0.25) is 0 Å². The summed E-state index contributed by atoms with van der Waals surface area (Å²) in [6.07, 6.45) is 5.45. The van der Waals surface area contributed by atoms with Crippen LogP contribution in [0, 0.1) is 0 Å². The van der Waals surface area contributed by atoms with Crippen molar-refractivity contribution in [2.45, 2.75) is 31.7 Å². The van der Waals surface area contributed by atoms with Gasteiger partial charge in [0.2, 0.25) is 0 Å². The van der Waals surface area contributed by atoms with Crippen LogP contribution in [-0.4, -0.2) is 75.4 Å². The van der Waals surface area contributed by atoms with E-state index in [0.717, 1.165) is 32.3 Å². The van der Waals surface area contributed by atoms with Gasteiger partial charge in [-0.1, -0.05) is 6.42 Å². The molecule has 2 aliphatic heterocycles. The Morgan fingerprint density at radius 3 is 2.78 bits per heavy atom. The quantitative estimate of drug-likeness (QED) is 0.759. The van der Waals surface area contributed by atoms with Gasteiger partial charge in [-0.25, -0.2) is 0 Å². The summed E-state index contributed by atoms with van der Waals surface area (Å²) in [7, 11) is 2.25. The topological polar surface area (TPSA) is 27.7 Å². The van der Waals surface area contributed by atoms with E-state index in [1.807, 2.05) is 0 Å². The minimum absolute atomic E-state index is 0.768. The SMILES string of the molecule is CN(CCC1CCCCN1)CCN1CCOCC1. The fraction of sp³-hybridized carbons (Fsp3) is 1.00. The van der Waals surface area contributed by atoms with Crippen molar-refractivity contribution in [3.05, 3.63) is 0 Å². The average Bonchev–Trinajstić information content (AvgIpc) is 2.45. The van der Waals surface area contributed by atoms with Gasteiger partial charge in [-0.15, -0.1) is 0 Å². The van der Waals surface area contributed by atoms with Crippen LogP contribution in [0.1, 0.15) is 25.7 Å². The number of nitrogens with zero attached hydrogens (tertiary/aromatic N) is 2. The summed E-state index contributed by atoms with van der Waals surface area (Å²) < 4.78 is 5.37.